The van der Waals surface area contributed by atoms with Crippen LogP contribution in [0.3, 0.4) is 0 Å². The molecule has 0 spiro atoms. The van der Waals surface area contributed by atoms with Gasteiger partial charge in [-0.05, 0) is 19.4 Å². The number of halogens is 2. The maximum absolute atomic E-state index is 14.1. The Morgan fingerprint density at radius 1 is 1.42 bits per heavy atom. The van der Waals surface area contributed by atoms with Crippen molar-refractivity contribution in [1.29, 1.82) is 5.41 Å². The third-order valence-corrected chi connectivity index (χ3v) is 5.61. The molecule has 160 valence electrons. The largest absolute Gasteiger partial charge is 0.324 e. The van der Waals surface area contributed by atoms with Crippen LogP contribution in [-0.4, -0.2) is 37.9 Å². The zero-order valence-corrected chi connectivity index (χ0v) is 17.8. The Kier molecular flexibility index (Phi) is 5.18. The van der Waals surface area contributed by atoms with E-state index in [9.17, 15) is 9.18 Å². The summed E-state index contributed by atoms with van der Waals surface area (Å²) in [5.74, 6) is -0.988. The fraction of sp³-hybridized carbons (Fsp3) is 0.300. The molecule has 9 nitrogen and oxygen atoms in total. The number of hydrazone groups is 1. The van der Waals surface area contributed by atoms with Gasteiger partial charge in [0.25, 0.3) is 0 Å². The summed E-state index contributed by atoms with van der Waals surface area (Å²) in [7, 11) is 0. The molecule has 0 aromatic carbocycles. The molecule has 11 heteroatoms. The van der Waals surface area contributed by atoms with Crippen LogP contribution in [0.5, 0.6) is 0 Å². The van der Waals surface area contributed by atoms with Gasteiger partial charge in [-0.3, -0.25) is 10.2 Å². The lowest BCUT2D eigenvalue weighted by Crippen LogP contribution is -2.21. The minimum Gasteiger partial charge on any atom is -0.324 e. The second-order valence-electron chi connectivity index (χ2n) is 7.95. The van der Waals surface area contributed by atoms with Crippen molar-refractivity contribution in [2.24, 2.45) is 5.10 Å². The molecule has 1 amide bonds. The smallest absolute Gasteiger partial charge is 0.238 e. The van der Waals surface area contributed by atoms with Crippen molar-refractivity contribution in [1.82, 2.24) is 19.6 Å². The molecule has 3 heterocycles. The van der Waals surface area contributed by atoms with Crippen LogP contribution in [0, 0.1) is 18.3 Å². The number of aryl methyl sites for hydroxylation is 1. The quantitative estimate of drug-likeness (QED) is 0.411. The fourth-order valence-corrected chi connectivity index (χ4v) is 4.13. The number of hydrogen-bond acceptors (Lipinski definition) is 7. The van der Waals surface area contributed by atoms with Crippen LogP contribution in [0.4, 0.5) is 15.9 Å². The molecule has 3 aromatic rings. The maximum Gasteiger partial charge on any atom is 0.238 e. The van der Waals surface area contributed by atoms with Gasteiger partial charge in [-0.25, -0.2) is 14.5 Å². The Morgan fingerprint density at radius 2 is 2.19 bits per heavy atom. The van der Waals surface area contributed by atoms with Gasteiger partial charge in [-0.1, -0.05) is 25.4 Å². The number of aromatic nitrogens is 4. The molecule has 0 radical (unpaired) electrons. The summed E-state index contributed by atoms with van der Waals surface area (Å²) in [5.41, 5.74) is 4.97. The topological polar surface area (TPSA) is 120 Å². The Labute approximate surface area is 182 Å². The molecule has 31 heavy (non-hydrogen) atoms. The summed E-state index contributed by atoms with van der Waals surface area (Å²) in [4.78, 5) is 21.6. The minimum atomic E-state index is -0.566. The van der Waals surface area contributed by atoms with E-state index in [1.54, 1.807) is 19.2 Å². The third-order valence-electron chi connectivity index (χ3n) is 5.32. The molecule has 0 bridgehead atoms. The van der Waals surface area contributed by atoms with Crippen LogP contribution in [0.1, 0.15) is 43.0 Å². The predicted molar refractivity (Wildman–Crippen MR) is 117 cm³/mol. The molecular formula is C20H20ClFN8O. The van der Waals surface area contributed by atoms with Crippen molar-refractivity contribution in [2.75, 3.05) is 10.7 Å². The monoisotopic (exact) mass is 442 g/mol. The lowest BCUT2D eigenvalue weighted by atomic mass is 9.88. The lowest BCUT2D eigenvalue weighted by Gasteiger charge is -2.19. The number of amides is 1. The number of hydrogen-bond donors (Lipinski definition) is 3. The highest BCUT2D eigenvalue weighted by molar-refractivity contribution is 6.33. The van der Waals surface area contributed by atoms with E-state index in [4.69, 9.17) is 17.0 Å². The second kappa shape index (κ2) is 7.69. The van der Waals surface area contributed by atoms with Crippen LogP contribution in [-0.2, 0) is 10.2 Å². The van der Waals surface area contributed by atoms with Crippen molar-refractivity contribution in [2.45, 2.75) is 38.5 Å². The number of rotatable bonds is 5. The van der Waals surface area contributed by atoms with Crippen molar-refractivity contribution in [3.05, 3.63) is 46.3 Å². The van der Waals surface area contributed by atoms with E-state index in [1.165, 1.54) is 16.9 Å². The summed E-state index contributed by atoms with van der Waals surface area (Å²) >= 11 is 6.20. The number of fused-ring (bicyclic) bond motifs is 3. The number of anilines is 2. The highest BCUT2D eigenvalue weighted by Gasteiger charge is 2.43. The van der Waals surface area contributed by atoms with Crippen molar-refractivity contribution >= 4 is 47.1 Å². The first kappa shape index (κ1) is 20.9. The standard InChI is InChI=1S/C20H20ClFN8O/c1-10-16(22)29-30-15-13(9-25-18(10)30)12(7-20(15,2)3)19(31)27-11-6-14(21)17(24-8-11)28-26-5-4-23/h4-6,8-9,12,23H,7H2,1-3H3,(H,24,28)(H,27,31)/b23-4?,26-5-/t12-/m0/s1. The normalized spacial score (nSPS) is 17.1. The first-order chi connectivity index (χ1) is 14.7. The van der Waals surface area contributed by atoms with Crippen LogP contribution in [0.15, 0.2) is 23.6 Å². The highest BCUT2D eigenvalue weighted by atomic mass is 35.5. The third kappa shape index (κ3) is 3.63. The van der Waals surface area contributed by atoms with Crippen LogP contribution < -0.4 is 10.7 Å². The summed E-state index contributed by atoms with van der Waals surface area (Å²) in [6, 6.07) is 1.56. The molecular weight excluding hydrogens is 423 g/mol. The zero-order valence-electron chi connectivity index (χ0n) is 17.1. The van der Waals surface area contributed by atoms with E-state index in [0.29, 0.717) is 29.1 Å². The average Bonchev–Trinajstić information content (AvgIpc) is 3.16. The van der Waals surface area contributed by atoms with Gasteiger partial charge in [0.2, 0.25) is 11.9 Å². The SMILES string of the molecule is Cc1c(F)nn2c3c(cnc12)[C@@H](C(=O)Nc1cnc(N/N=C\C=N)c(Cl)c1)CC3(C)C. The summed E-state index contributed by atoms with van der Waals surface area (Å²) in [6.07, 6.45) is 5.87. The number of carbonyl (C=O) groups is 1. The second-order valence-corrected chi connectivity index (χ2v) is 8.36. The Balaban J connectivity index is 1.62. The minimum absolute atomic E-state index is 0.238. The first-order valence-corrected chi connectivity index (χ1v) is 9.89. The number of nitrogens with one attached hydrogen (secondary N) is 3. The number of carbonyl (C=O) groups excluding carboxylic acids is 1. The van der Waals surface area contributed by atoms with E-state index in [1.807, 2.05) is 13.8 Å². The van der Waals surface area contributed by atoms with Crippen molar-refractivity contribution in [3.63, 3.8) is 0 Å². The Morgan fingerprint density at radius 3 is 2.90 bits per heavy atom. The van der Waals surface area contributed by atoms with E-state index in [0.717, 1.165) is 17.5 Å². The molecule has 0 unspecified atom stereocenters. The molecule has 1 aliphatic carbocycles. The lowest BCUT2D eigenvalue weighted by molar-refractivity contribution is -0.117. The van der Waals surface area contributed by atoms with Crippen molar-refractivity contribution < 1.29 is 9.18 Å². The molecule has 4 rings (SSSR count). The molecule has 3 N–H and O–H groups in total. The average molecular weight is 443 g/mol. The van der Waals surface area contributed by atoms with Gasteiger partial charge in [-0.2, -0.15) is 9.49 Å². The molecule has 0 aliphatic heterocycles. The first-order valence-electron chi connectivity index (χ1n) is 9.51. The predicted octanol–water partition coefficient (Wildman–Crippen LogP) is 3.68. The Bertz CT molecular complexity index is 1240. The number of nitrogens with zero attached hydrogens (tertiary/aromatic N) is 5. The highest BCUT2D eigenvalue weighted by Crippen LogP contribution is 2.46. The van der Waals surface area contributed by atoms with Crippen molar-refractivity contribution in [3.8, 4) is 0 Å². The zero-order chi connectivity index (χ0) is 22.3. The molecule has 1 atom stereocenters. The van der Waals surface area contributed by atoms with Crippen LogP contribution in [0.2, 0.25) is 5.02 Å². The molecule has 0 saturated carbocycles. The molecule has 0 fully saturated rings. The maximum atomic E-state index is 14.1. The van der Waals surface area contributed by atoms with Gasteiger partial charge in [0.05, 0.1) is 40.3 Å². The molecule has 0 saturated heterocycles. The number of pyridine rings is 1. The van der Waals surface area contributed by atoms with Gasteiger partial charge in [-0.15, -0.1) is 5.10 Å². The summed E-state index contributed by atoms with van der Waals surface area (Å²) < 4.78 is 15.6. The van der Waals surface area contributed by atoms with E-state index in [2.05, 4.69) is 30.9 Å². The van der Waals surface area contributed by atoms with Gasteiger partial charge in [0.1, 0.15) is 0 Å². The van der Waals surface area contributed by atoms with E-state index >= 15 is 0 Å². The summed E-state index contributed by atoms with van der Waals surface area (Å²) in [5, 5.41) is 17.8. The van der Waals surface area contributed by atoms with E-state index in [-0.39, 0.29) is 10.9 Å². The van der Waals surface area contributed by atoms with Gasteiger partial charge in [0, 0.05) is 23.4 Å². The molecule has 3 aromatic heterocycles. The molecule has 1 aliphatic rings. The Hall–Kier alpha value is -3.40. The van der Waals surface area contributed by atoms with Crippen LogP contribution >= 0.6 is 11.6 Å². The van der Waals surface area contributed by atoms with Crippen LogP contribution in [0.25, 0.3) is 5.65 Å². The van der Waals surface area contributed by atoms with Gasteiger partial charge < -0.3 is 10.7 Å². The van der Waals surface area contributed by atoms with Gasteiger partial charge in [0.15, 0.2) is 11.5 Å². The van der Waals surface area contributed by atoms with E-state index < -0.39 is 17.3 Å². The fourth-order valence-electron chi connectivity index (χ4n) is 3.92. The summed E-state index contributed by atoms with van der Waals surface area (Å²) in [6.45, 7) is 5.64. The van der Waals surface area contributed by atoms with Gasteiger partial charge >= 0.3 is 0 Å².